The first-order chi connectivity index (χ1) is 14.1. The SMILES string of the molecule is O=C1C[C@@H](c2cc(=O)[nH]c(NCc3ccccc3F)n2)CN1Cc1ccccc1. The van der Waals surface area contributed by atoms with Crippen molar-refractivity contribution in [2.24, 2.45) is 0 Å². The zero-order chi connectivity index (χ0) is 20.2. The van der Waals surface area contributed by atoms with Gasteiger partial charge in [-0.2, -0.15) is 0 Å². The molecule has 6 nitrogen and oxygen atoms in total. The molecule has 2 heterocycles. The lowest BCUT2D eigenvalue weighted by Gasteiger charge is -2.17. The highest BCUT2D eigenvalue weighted by atomic mass is 19.1. The van der Waals surface area contributed by atoms with Crippen molar-refractivity contribution in [2.45, 2.75) is 25.4 Å². The Hall–Kier alpha value is -3.48. The second kappa shape index (κ2) is 8.26. The molecule has 1 aromatic heterocycles. The summed E-state index contributed by atoms with van der Waals surface area (Å²) >= 11 is 0. The number of aromatic nitrogens is 2. The van der Waals surface area contributed by atoms with E-state index in [0.717, 1.165) is 5.56 Å². The number of anilines is 1. The number of nitrogens with zero attached hydrogens (tertiary/aromatic N) is 2. The van der Waals surface area contributed by atoms with Gasteiger partial charge in [0.2, 0.25) is 11.9 Å². The lowest BCUT2D eigenvalue weighted by Crippen LogP contribution is -2.24. The van der Waals surface area contributed by atoms with E-state index in [4.69, 9.17) is 0 Å². The van der Waals surface area contributed by atoms with Crippen molar-refractivity contribution in [3.8, 4) is 0 Å². The minimum Gasteiger partial charge on any atom is -0.352 e. The van der Waals surface area contributed by atoms with Crippen LogP contribution in [0.4, 0.5) is 10.3 Å². The molecule has 1 saturated heterocycles. The summed E-state index contributed by atoms with van der Waals surface area (Å²) in [5, 5.41) is 2.96. The van der Waals surface area contributed by atoms with E-state index in [1.54, 1.807) is 23.1 Å². The van der Waals surface area contributed by atoms with Gasteiger partial charge in [0.15, 0.2) is 0 Å². The predicted molar refractivity (Wildman–Crippen MR) is 108 cm³/mol. The number of likely N-dealkylation sites (tertiary alicyclic amines) is 1. The van der Waals surface area contributed by atoms with Gasteiger partial charge < -0.3 is 10.2 Å². The molecule has 0 bridgehead atoms. The Labute approximate surface area is 167 Å². The summed E-state index contributed by atoms with van der Waals surface area (Å²) in [5.41, 5.74) is 1.80. The van der Waals surface area contributed by atoms with Crippen molar-refractivity contribution in [3.63, 3.8) is 0 Å². The molecule has 0 unspecified atom stereocenters. The zero-order valence-corrected chi connectivity index (χ0v) is 15.8. The monoisotopic (exact) mass is 392 g/mol. The molecular formula is C22H21FN4O2. The molecule has 1 atom stereocenters. The van der Waals surface area contributed by atoms with Crippen LogP contribution in [-0.2, 0) is 17.9 Å². The minimum absolute atomic E-state index is 0.0433. The molecule has 0 spiro atoms. The lowest BCUT2D eigenvalue weighted by molar-refractivity contribution is -0.128. The molecule has 2 N–H and O–H groups in total. The van der Waals surface area contributed by atoms with Gasteiger partial charge in [0.1, 0.15) is 5.82 Å². The molecule has 1 amide bonds. The van der Waals surface area contributed by atoms with Crippen LogP contribution in [-0.4, -0.2) is 27.3 Å². The number of H-pyrrole nitrogens is 1. The maximum Gasteiger partial charge on any atom is 0.252 e. The molecule has 0 saturated carbocycles. The predicted octanol–water partition coefficient (Wildman–Crippen LogP) is 3.04. The van der Waals surface area contributed by atoms with Crippen LogP contribution in [0.25, 0.3) is 0 Å². The van der Waals surface area contributed by atoms with Gasteiger partial charge in [-0.05, 0) is 11.6 Å². The third-order valence-corrected chi connectivity index (χ3v) is 5.01. The Balaban J connectivity index is 1.47. The number of carbonyl (C=O) groups is 1. The van der Waals surface area contributed by atoms with Crippen LogP contribution in [0, 0.1) is 5.82 Å². The molecule has 2 aromatic carbocycles. The molecule has 1 aliphatic rings. The molecule has 3 aromatic rings. The van der Waals surface area contributed by atoms with Crippen molar-refractivity contribution in [1.82, 2.24) is 14.9 Å². The number of aromatic amines is 1. The van der Waals surface area contributed by atoms with Crippen LogP contribution in [0.15, 0.2) is 65.5 Å². The van der Waals surface area contributed by atoms with Crippen LogP contribution in [0.3, 0.4) is 0 Å². The van der Waals surface area contributed by atoms with Crippen molar-refractivity contribution < 1.29 is 9.18 Å². The van der Waals surface area contributed by atoms with Gasteiger partial charge in [-0.15, -0.1) is 0 Å². The number of amides is 1. The molecule has 0 aliphatic carbocycles. The van der Waals surface area contributed by atoms with Crippen molar-refractivity contribution >= 4 is 11.9 Å². The molecule has 29 heavy (non-hydrogen) atoms. The van der Waals surface area contributed by atoms with Crippen LogP contribution in [0.5, 0.6) is 0 Å². The average molecular weight is 392 g/mol. The summed E-state index contributed by atoms with van der Waals surface area (Å²) in [5.74, 6) is -0.162. The van der Waals surface area contributed by atoms with Crippen LogP contribution in [0.1, 0.15) is 29.2 Å². The Morgan fingerprint density at radius 2 is 1.86 bits per heavy atom. The maximum absolute atomic E-state index is 13.8. The summed E-state index contributed by atoms with van der Waals surface area (Å²) in [6, 6.07) is 17.6. The van der Waals surface area contributed by atoms with Gasteiger partial charge in [0.05, 0.1) is 5.69 Å². The third-order valence-electron chi connectivity index (χ3n) is 5.01. The lowest BCUT2D eigenvalue weighted by atomic mass is 10.0. The Kier molecular flexibility index (Phi) is 5.37. The zero-order valence-electron chi connectivity index (χ0n) is 15.8. The normalized spacial score (nSPS) is 16.2. The summed E-state index contributed by atoms with van der Waals surface area (Å²) in [7, 11) is 0. The molecule has 1 fully saturated rings. The largest absolute Gasteiger partial charge is 0.352 e. The number of hydrogen-bond donors (Lipinski definition) is 2. The first-order valence-electron chi connectivity index (χ1n) is 9.49. The van der Waals surface area contributed by atoms with Crippen LogP contribution >= 0.6 is 0 Å². The van der Waals surface area contributed by atoms with Gasteiger partial charge in [-0.1, -0.05) is 48.5 Å². The molecule has 7 heteroatoms. The van der Waals surface area contributed by atoms with Crippen molar-refractivity contribution in [1.29, 1.82) is 0 Å². The third kappa shape index (κ3) is 4.51. The van der Waals surface area contributed by atoms with E-state index in [2.05, 4.69) is 15.3 Å². The highest BCUT2D eigenvalue weighted by molar-refractivity contribution is 5.79. The molecule has 148 valence electrons. The summed E-state index contributed by atoms with van der Waals surface area (Å²) in [6.07, 6.45) is 0.316. The highest BCUT2D eigenvalue weighted by Crippen LogP contribution is 2.28. The molecule has 4 rings (SSSR count). The first-order valence-corrected chi connectivity index (χ1v) is 9.49. The Morgan fingerprint density at radius 3 is 2.66 bits per heavy atom. The van der Waals surface area contributed by atoms with Crippen molar-refractivity contribution in [2.75, 3.05) is 11.9 Å². The fourth-order valence-corrected chi connectivity index (χ4v) is 3.52. The number of rotatable bonds is 6. The summed E-state index contributed by atoms with van der Waals surface area (Å²) in [4.78, 5) is 33.4. The molecular weight excluding hydrogens is 371 g/mol. The summed E-state index contributed by atoms with van der Waals surface area (Å²) < 4.78 is 13.8. The average Bonchev–Trinajstić information content (AvgIpc) is 3.08. The van der Waals surface area contributed by atoms with Crippen LogP contribution in [0.2, 0.25) is 0 Å². The van der Waals surface area contributed by atoms with Crippen molar-refractivity contribution in [3.05, 3.63) is 93.7 Å². The summed E-state index contributed by atoms with van der Waals surface area (Å²) in [6.45, 7) is 1.25. The smallest absolute Gasteiger partial charge is 0.252 e. The molecule has 1 aliphatic heterocycles. The van der Waals surface area contributed by atoms with E-state index in [1.165, 1.54) is 12.1 Å². The van der Waals surface area contributed by atoms with E-state index >= 15 is 0 Å². The quantitative estimate of drug-likeness (QED) is 0.676. The standard InChI is InChI=1S/C22H21FN4O2/c23-18-9-5-4-8-16(18)12-24-22-25-19(11-20(28)26-22)17-10-21(29)27(14-17)13-15-6-2-1-3-7-15/h1-9,11,17H,10,12-14H2,(H2,24,25,26,28)/t17-/m1/s1. The number of nitrogens with one attached hydrogen (secondary N) is 2. The van der Waals surface area contributed by atoms with Gasteiger partial charge in [-0.25, -0.2) is 9.37 Å². The Bertz CT molecular complexity index is 1070. The highest BCUT2D eigenvalue weighted by Gasteiger charge is 2.31. The number of carbonyl (C=O) groups excluding carboxylic acids is 1. The van der Waals surface area contributed by atoms with Gasteiger partial charge >= 0.3 is 0 Å². The minimum atomic E-state index is -0.323. The van der Waals surface area contributed by atoms with Crippen LogP contribution < -0.4 is 10.9 Å². The second-order valence-corrected chi connectivity index (χ2v) is 7.12. The van der Waals surface area contributed by atoms with E-state index in [0.29, 0.717) is 30.8 Å². The number of hydrogen-bond acceptors (Lipinski definition) is 4. The van der Waals surface area contributed by atoms with E-state index < -0.39 is 0 Å². The molecule has 0 radical (unpaired) electrons. The van der Waals surface area contributed by atoms with Gasteiger partial charge in [0.25, 0.3) is 5.56 Å². The van der Waals surface area contributed by atoms with E-state index in [1.807, 2.05) is 30.3 Å². The maximum atomic E-state index is 13.8. The van der Waals surface area contributed by atoms with Gasteiger partial charge in [0, 0.05) is 43.6 Å². The topological polar surface area (TPSA) is 78.1 Å². The fourth-order valence-electron chi connectivity index (χ4n) is 3.52. The number of halogens is 1. The first kappa shape index (κ1) is 18.9. The fraction of sp³-hybridized carbons (Fsp3) is 0.227. The van der Waals surface area contributed by atoms with Gasteiger partial charge in [-0.3, -0.25) is 14.6 Å². The van der Waals surface area contributed by atoms with E-state index in [9.17, 15) is 14.0 Å². The second-order valence-electron chi connectivity index (χ2n) is 7.12. The van der Waals surface area contributed by atoms with E-state index in [-0.39, 0.29) is 35.7 Å². The number of benzene rings is 2. The Morgan fingerprint density at radius 1 is 1.10 bits per heavy atom.